The van der Waals surface area contributed by atoms with Crippen LogP contribution >= 0.6 is 0 Å². The van der Waals surface area contributed by atoms with E-state index in [1.807, 2.05) is 0 Å². The molecule has 0 fully saturated rings. The maximum atomic E-state index is 2.33. The molecule has 0 aromatic rings. The molecule has 0 aromatic carbocycles. The average molecular weight is 140 g/mol. The monoisotopic (exact) mass is 140 g/mol. The molecule has 1 atom stereocenters. The average Bonchev–Trinajstić information content (AvgIpc) is 1.98. The van der Waals surface area contributed by atoms with Crippen LogP contribution in [0, 0.1) is 5.92 Å². The third-order valence-electron chi connectivity index (χ3n) is 1.92. The van der Waals surface area contributed by atoms with Gasteiger partial charge in [-0.05, 0) is 25.7 Å². The van der Waals surface area contributed by atoms with Gasteiger partial charge in [-0.1, -0.05) is 38.8 Å². The van der Waals surface area contributed by atoms with Gasteiger partial charge < -0.3 is 0 Å². The van der Waals surface area contributed by atoms with E-state index in [0.29, 0.717) is 0 Å². The second kappa shape index (κ2) is 6.85. The van der Waals surface area contributed by atoms with Crippen molar-refractivity contribution in [2.75, 3.05) is 0 Å². The molecule has 0 heteroatoms. The van der Waals surface area contributed by atoms with E-state index in [4.69, 9.17) is 0 Å². The van der Waals surface area contributed by atoms with Crippen molar-refractivity contribution in [1.29, 1.82) is 0 Å². The van der Waals surface area contributed by atoms with Gasteiger partial charge in [0, 0.05) is 0 Å². The lowest BCUT2D eigenvalue weighted by molar-refractivity contribution is 0.540. The molecule has 0 nitrogen and oxygen atoms in total. The van der Waals surface area contributed by atoms with Crippen LogP contribution in [0.3, 0.4) is 0 Å². The molecular weight excluding hydrogens is 120 g/mol. The molecule has 0 aromatic heterocycles. The quantitative estimate of drug-likeness (QED) is 0.510. The van der Waals surface area contributed by atoms with Crippen molar-refractivity contribution < 1.29 is 0 Å². The fourth-order valence-electron chi connectivity index (χ4n) is 1.17. The van der Waals surface area contributed by atoms with Crippen LogP contribution in [-0.2, 0) is 0 Å². The molecule has 10 heavy (non-hydrogen) atoms. The molecule has 0 spiro atoms. The van der Waals surface area contributed by atoms with Crippen molar-refractivity contribution in [3.63, 3.8) is 0 Å². The van der Waals surface area contributed by atoms with E-state index >= 15 is 0 Å². The minimum absolute atomic E-state index is 0.838. The summed E-state index contributed by atoms with van der Waals surface area (Å²) in [6.07, 6.45) is 9.87. The van der Waals surface area contributed by atoms with Crippen LogP contribution in [0.5, 0.6) is 0 Å². The summed E-state index contributed by atoms with van der Waals surface area (Å²) in [5.41, 5.74) is 0. The van der Waals surface area contributed by atoms with Crippen LogP contribution in [0.15, 0.2) is 12.2 Å². The molecule has 0 aliphatic heterocycles. The zero-order valence-corrected chi connectivity index (χ0v) is 7.56. The summed E-state index contributed by atoms with van der Waals surface area (Å²) >= 11 is 0. The van der Waals surface area contributed by atoms with Crippen molar-refractivity contribution in [3.8, 4) is 0 Å². The predicted molar refractivity (Wildman–Crippen MR) is 48.1 cm³/mol. The van der Waals surface area contributed by atoms with E-state index in [1.165, 1.54) is 25.7 Å². The highest BCUT2D eigenvalue weighted by Crippen LogP contribution is 2.13. The van der Waals surface area contributed by atoms with Gasteiger partial charge in [-0.25, -0.2) is 0 Å². The van der Waals surface area contributed by atoms with Gasteiger partial charge in [0.1, 0.15) is 0 Å². The number of allylic oxidation sites excluding steroid dienone is 2. The Balaban J connectivity index is 3.39. The molecule has 0 radical (unpaired) electrons. The fraction of sp³-hybridized carbons (Fsp3) is 0.800. The van der Waals surface area contributed by atoms with Gasteiger partial charge >= 0.3 is 0 Å². The number of hydrogen-bond acceptors (Lipinski definition) is 0. The fourth-order valence-corrected chi connectivity index (χ4v) is 1.17. The van der Waals surface area contributed by atoms with Crippen molar-refractivity contribution in [2.45, 2.75) is 46.5 Å². The molecule has 60 valence electrons. The zero-order valence-electron chi connectivity index (χ0n) is 7.56. The van der Waals surface area contributed by atoms with Crippen molar-refractivity contribution in [2.24, 2.45) is 5.92 Å². The molecule has 1 unspecified atom stereocenters. The topological polar surface area (TPSA) is 0 Å². The van der Waals surface area contributed by atoms with E-state index in [0.717, 1.165) is 5.92 Å². The lowest BCUT2D eigenvalue weighted by atomic mass is 9.99. The normalized spacial score (nSPS) is 14.3. The van der Waals surface area contributed by atoms with Crippen LogP contribution in [-0.4, -0.2) is 0 Å². The van der Waals surface area contributed by atoms with Gasteiger partial charge in [-0.2, -0.15) is 0 Å². The Morgan fingerprint density at radius 2 is 2.00 bits per heavy atom. The summed E-state index contributed by atoms with van der Waals surface area (Å²) in [6.45, 7) is 6.62. The number of rotatable bonds is 5. The van der Waals surface area contributed by atoms with Gasteiger partial charge in [-0.15, -0.1) is 0 Å². The molecule has 0 saturated heterocycles. The Labute approximate surface area is 65.3 Å². The first-order chi connectivity index (χ1) is 4.85. The highest BCUT2D eigenvalue weighted by molar-refractivity contribution is 4.84. The Morgan fingerprint density at radius 3 is 2.40 bits per heavy atom. The Morgan fingerprint density at radius 1 is 1.30 bits per heavy atom. The molecule has 0 aliphatic carbocycles. The van der Waals surface area contributed by atoms with Crippen molar-refractivity contribution >= 4 is 0 Å². The van der Waals surface area contributed by atoms with Crippen LogP contribution in [0.2, 0.25) is 0 Å². The van der Waals surface area contributed by atoms with Crippen molar-refractivity contribution in [3.05, 3.63) is 12.2 Å². The highest BCUT2D eigenvalue weighted by Gasteiger charge is 1.98. The van der Waals surface area contributed by atoms with Crippen molar-refractivity contribution in [1.82, 2.24) is 0 Å². The van der Waals surface area contributed by atoms with Gasteiger partial charge in [0.25, 0.3) is 0 Å². The van der Waals surface area contributed by atoms with Crippen LogP contribution in [0.1, 0.15) is 46.5 Å². The van der Waals surface area contributed by atoms with E-state index in [9.17, 15) is 0 Å². The van der Waals surface area contributed by atoms with Gasteiger partial charge in [-0.3, -0.25) is 0 Å². The standard InChI is InChI=1S/C10H20/c1-4-7-9-10(6-3)8-5-2/h5,8,10H,4,6-7,9H2,1-3H3/b8-5+. The van der Waals surface area contributed by atoms with Crippen LogP contribution in [0.4, 0.5) is 0 Å². The minimum Gasteiger partial charge on any atom is -0.0914 e. The highest BCUT2D eigenvalue weighted by atomic mass is 14.0. The molecule has 0 N–H and O–H groups in total. The van der Waals surface area contributed by atoms with E-state index in [-0.39, 0.29) is 0 Å². The maximum absolute atomic E-state index is 2.33. The van der Waals surface area contributed by atoms with E-state index in [2.05, 4.69) is 32.9 Å². The molecule has 0 amide bonds. The second-order valence-electron chi connectivity index (χ2n) is 2.84. The first kappa shape index (κ1) is 9.74. The number of hydrogen-bond donors (Lipinski definition) is 0. The van der Waals surface area contributed by atoms with Crippen LogP contribution < -0.4 is 0 Å². The smallest absolute Gasteiger partial charge is 0.0236 e. The Kier molecular flexibility index (Phi) is 6.68. The van der Waals surface area contributed by atoms with Gasteiger partial charge in [0.05, 0.1) is 0 Å². The predicted octanol–water partition coefficient (Wildman–Crippen LogP) is 3.78. The molecule has 0 saturated carbocycles. The largest absolute Gasteiger partial charge is 0.0914 e. The molecule has 0 aliphatic rings. The molecule has 0 bridgehead atoms. The van der Waals surface area contributed by atoms with E-state index < -0.39 is 0 Å². The summed E-state index contributed by atoms with van der Waals surface area (Å²) in [5.74, 6) is 0.838. The number of unbranched alkanes of at least 4 members (excludes halogenated alkanes) is 1. The summed E-state index contributed by atoms with van der Waals surface area (Å²) in [7, 11) is 0. The summed E-state index contributed by atoms with van der Waals surface area (Å²) in [4.78, 5) is 0. The van der Waals surface area contributed by atoms with Crippen LogP contribution in [0.25, 0.3) is 0 Å². The Hall–Kier alpha value is -0.260. The molecular formula is C10H20. The van der Waals surface area contributed by atoms with E-state index in [1.54, 1.807) is 0 Å². The van der Waals surface area contributed by atoms with Gasteiger partial charge in [0.2, 0.25) is 0 Å². The SMILES string of the molecule is C/C=C/C(CC)CCCC. The second-order valence-corrected chi connectivity index (χ2v) is 2.84. The summed E-state index contributed by atoms with van der Waals surface area (Å²) in [5, 5.41) is 0. The minimum atomic E-state index is 0.838. The lowest BCUT2D eigenvalue weighted by Gasteiger charge is -2.07. The lowest BCUT2D eigenvalue weighted by Crippen LogP contribution is -1.92. The Bertz CT molecular complexity index is 82.0. The molecule has 0 rings (SSSR count). The third kappa shape index (κ3) is 4.60. The zero-order chi connectivity index (χ0) is 7.82. The first-order valence-corrected chi connectivity index (χ1v) is 4.47. The maximum Gasteiger partial charge on any atom is -0.0236 e. The first-order valence-electron chi connectivity index (χ1n) is 4.47. The van der Waals surface area contributed by atoms with Gasteiger partial charge in [0.15, 0.2) is 0 Å². The summed E-state index contributed by atoms with van der Waals surface area (Å²) in [6, 6.07) is 0. The third-order valence-corrected chi connectivity index (χ3v) is 1.92. The molecule has 0 heterocycles. The summed E-state index contributed by atoms with van der Waals surface area (Å²) < 4.78 is 0.